The molecule has 0 aromatic carbocycles. The van der Waals surface area contributed by atoms with Crippen molar-refractivity contribution in [2.45, 2.75) is 6.10 Å². The highest BCUT2D eigenvalue weighted by Crippen LogP contribution is 2.36. The van der Waals surface area contributed by atoms with Gasteiger partial charge in [0.2, 0.25) is 6.10 Å². The second-order valence-electron chi connectivity index (χ2n) is 3.74. The second-order valence-corrected chi connectivity index (χ2v) is 3.74. The van der Waals surface area contributed by atoms with E-state index in [1.165, 1.54) is 11.2 Å². The number of likely N-dealkylation sites (N-methyl/N-ethyl adjacent to an activating group) is 1. The zero-order chi connectivity index (χ0) is 11.8. The van der Waals surface area contributed by atoms with Crippen LogP contribution in [0.15, 0.2) is 41.1 Å². The number of carbonyl (C=O) groups excluding carboxylic acids is 1. The Hall–Kier alpha value is -2.30. The zero-order valence-electron chi connectivity index (χ0n) is 9.16. The van der Waals surface area contributed by atoms with Gasteiger partial charge < -0.3 is 9.15 Å². The van der Waals surface area contributed by atoms with E-state index in [0.29, 0.717) is 17.3 Å². The highest BCUT2D eigenvalue weighted by Gasteiger charge is 2.35. The Balaban J connectivity index is 2.05. The molecule has 0 aliphatic carbocycles. The number of nitrogens with zero attached hydrogens (tertiary/aromatic N) is 2. The molecule has 2 aromatic heterocycles. The third-order valence-corrected chi connectivity index (χ3v) is 2.67. The van der Waals surface area contributed by atoms with Crippen molar-refractivity contribution < 1.29 is 13.9 Å². The molecule has 0 N–H and O–H groups in total. The summed E-state index contributed by atoms with van der Waals surface area (Å²) in [4.78, 5) is 17.7. The maximum absolute atomic E-state index is 12.1. The highest BCUT2D eigenvalue weighted by atomic mass is 16.5. The van der Waals surface area contributed by atoms with Crippen LogP contribution in [0, 0.1) is 0 Å². The van der Waals surface area contributed by atoms with Crippen LogP contribution in [-0.2, 0) is 4.79 Å². The third kappa shape index (κ3) is 1.47. The first-order valence-electron chi connectivity index (χ1n) is 5.20. The maximum Gasteiger partial charge on any atom is 0.277 e. The quantitative estimate of drug-likeness (QED) is 0.749. The predicted molar refractivity (Wildman–Crippen MR) is 59.7 cm³/mol. The summed E-state index contributed by atoms with van der Waals surface area (Å²) in [6.07, 6.45) is 2.41. The molecule has 5 nitrogen and oxygen atoms in total. The van der Waals surface area contributed by atoms with Gasteiger partial charge in [0.15, 0.2) is 17.3 Å². The van der Waals surface area contributed by atoms with Gasteiger partial charge in [0.25, 0.3) is 5.91 Å². The molecule has 0 spiro atoms. The van der Waals surface area contributed by atoms with Gasteiger partial charge >= 0.3 is 0 Å². The number of hydrogen-bond donors (Lipinski definition) is 0. The number of furan rings is 1. The molecule has 5 heteroatoms. The standard InChI is InChI=1S/C12H10N2O3/c1-14-11-9(4-2-6-13-11)17-10(12(14)15)8-5-3-7-16-8/h2-7,10H,1H3. The van der Waals surface area contributed by atoms with Crippen molar-refractivity contribution in [1.29, 1.82) is 0 Å². The molecule has 3 rings (SSSR count). The molecule has 86 valence electrons. The molecule has 1 aliphatic heterocycles. The molecule has 17 heavy (non-hydrogen) atoms. The Labute approximate surface area is 97.6 Å². The summed E-state index contributed by atoms with van der Waals surface area (Å²) in [7, 11) is 1.67. The van der Waals surface area contributed by atoms with Crippen LogP contribution >= 0.6 is 0 Å². The van der Waals surface area contributed by atoms with E-state index in [-0.39, 0.29) is 5.91 Å². The number of rotatable bonds is 1. The van der Waals surface area contributed by atoms with Crippen LogP contribution in [0.3, 0.4) is 0 Å². The van der Waals surface area contributed by atoms with Gasteiger partial charge in [-0.2, -0.15) is 0 Å². The number of hydrogen-bond acceptors (Lipinski definition) is 4. The number of pyridine rings is 1. The summed E-state index contributed by atoms with van der Waals surface area (Å²) in [6.45, 7) is 0. The molecule has 0 saturated carbocycles. The summed E-state index contributed by atoms with van der Waals surface area (Å²) < 4.78 is 10.8. The Morgan fingerprint density at radius 3 is 3.00 bits per heavy atom. The van der Waals surface area contributed by atoms with Gasteiger partial charge in [-0.1, -0.05) is 0 Å². The Kier molecular flexibility index (Phi) is 2.11. The smallest absolute Gasteiger partial charge is 0.277 e. The minimum Gasteiger partial charge on any atom is -0.469 e. The first-order valence-corrected chi connectivity index (χ1v) is 5.20. The summed E-state index contributed by atoms with van der Waals surface area (Å²) >= 11 is 0. The van der Waals surface area contributed by atoms with Crippen molar-refractivity contribution >= 4 is 11.7 Å². The summed E-state index contributed by atoms with van der Waals surface area (Å²) in [5.74, 6) is 1.42. The molecule has 1 atom stereocenters. The number of amides is 1. The van der Waals surface area contributed by atoms with Crippen LogP contribution in [0.1, 0.15) is 11.9 Å². The summed E-state index contributed by atoms with van der Waals surface area (Å²) in [6, 6.07) is 6.99. The van der Waals surface area contributed by atoms with E-state index in [4.69, 9.17) is 9.15 Å². The molecule has 1 aliphatic rings. The molecule has 0 saturated heterocycles. The molecule has 0 radical (unpaired) electrons. The number of fused-ring (bicyclic) bond motifs is 1. The van der Waals surface area contributed by atoms with Crippen LogP contribution < -0.4 is 9.64 Å². The lowest BCUT2D eigenvalue weighted by Crippen LogP contribution is -2.38. The monoisotopic (exact) mass is 230 g/mol. The molecule has 2 aromatic rings. The number of aromatic nitrogens is 1. The van der Waals surface area contributed by atoms with Gasteiger partial charge in [-0.25, -0.2) is 4.98 Å². The van der Waals surface area contributed by atoms with Crippen molar-refractivity contribution in [3.8, 4) is 5.75 Å². The lowest BCUT2D eigenvalue weighted by molar-refractivity contribution is -0.127. The van der Waals surface area contributed by atoms with Crippen molar-refractivity contribution in [3.63, 3.8) is 0 Å². The Morgan fingerprint density at radius 1 is 1.35 bits per heavy atom. The van der Waals surface area contributed by atoms with Gasteiger partial charge in [-0.3, -0.25) is 9.69 Å². The third-order valence-electron chi connectivity index (χ3n) is 2.67. The molecule has 1 unspecified atom stereocenters. The van der Waals surface area contributed by atoms with Crippen molar-refractivity contribution in [2.75, 3.05) is 11.9 Å². The van der Waals surface area contributed by atoms with E-state index < -0.39 is 6.10 Å². The average Bonchev–Trinajstić information content (AvgIpc) is 2.87. The second kappa shape index (κ2) is 3.62. The summed E-state index contributed by atoms with van der Waals surface area (Å²) in [5, 5.41) is 0. The number of ether oxygens (including phenoxy) is 1. The lowest BCUT2D eigenvalue weighted by Gasteiger charge is -2.29. The van der Waals surface area contributed by atoms with E-state index in [9.17, 15) is 4.79 Å². The minimum atomic E-state index is -0.730. The van der Waals surface area contributed by atoms with Crippen LogP contribution in [0.4, 0.5) is 5.82 Å². The average molecular weight is 230 g/mol. The molecule has 0 bridgehead atoms. The SMILES string of the molecule is CN1C(=O)C(c2ccco2)Oc2cccnc21. The van der Waals surface area contributed by atoms with Crippen molar-refractivity contribution in [1.82, 2.24) is 4.98 Å². The van der Waals surface area contributed by atoms with Crippen LogP contribution in [0.5, 0.6) is 5.75 Å². The van der Waals surface area contributed by atoms with E-state index >= 15 is 0 Å². The Morgan fingerprint density at radius 2 is 2.24 bits per heavy atom. The molecule has 3 heterocycles. The van der Waals surface area contributed by atoms with E-state index in [1.54, 1.807) is 37.5 Å². The van der Waals surface area contributed by atoms with Crippen molar-refractivity contribution in [3.05, 3.63) is 42.5 Å². The highest BCUT2D eigenvalue weighted by molar-refractivity contribution is 5.98. The van der Waals surface area contributed by atoms with E-state index in [1.807, 2.05) is 0 Å². The maximum atomic E-state index is 12.1. The fraction of sp³-hybridized carbons (Fsp3) is 0.167. The van der Waals surface area contributed by atoms with Gasteiger partial charge in [-0.15, -0.1) is 0 Å². The van der Waals surface area contributed by atoms with Gasteiger partial charge in [0.05, 0.1) is 6.26 Å². The predicted octanol–water partition coefficient (Wildman–Crippen LogP) is 1.77. The minimum absolute atomic E-state index is 0.189. The fourth-order valence-electron chi connectivity index (χ4n) is 1.80. The van der Waals surface area contributed by atoms with Gasteiger partial charge in [0, 0.05) is 13.2 Å². The van der Waals surface area contributed by atoms with Crippen LogP contribution in [0.25, 0.3) is 0 Å². The Bertz CT molecular complexity index is 551. The number of anilines is 1. The topological polar surface area (TPSA) is 55.6 Å². The first-order chi connectivity index (χ1) is 8.27. The first kappa shape index (κ1) is 9.89. The zero-order valence-corrected chi connectivity index (χ0v) is 9.16. The van der Waals surface area contributed by atoms with Crippen LogP contribution in [-0.4, -0.2) is 17.9 Å². The molecule has 1 amide bonds. The molecule has 0 fully saturated rings. The largest absolute Gasteiger partial charge is 0.469 e. The lowest BCUT2D eigenvalue weighted by atomic mass is 10.2. The molecular weight excluding hydrogens is 220 g/mol. The molecular formula is C12H10N2O3. The van der Waals surface area contributed by atoms with Gasteiger partial charge in [0.1, 0.15) is 0 Å². The fourth-order valence-corrected chi connectivity index (χ4v) is 1.80. The number of carbonyl (C=O) groups is 1. The van der Waals surface area contributed by atoms with Crippen molar-refractivity contribution in [2.24, 2.45) is 0 Å². The summed E-state index contributed by atoms with van der Waals surface area (Å²) in [5.41, 5.74) is 0. The van der Waals surface area contributed by atoms with E-state index in [2.05, 4.69) is 4.98 Å². The van der Waals surface area contributed by atoms with E-state index in [0.717, 1.165) is 0 Å². The van der Waals surface area contributed by atoms with Gasteiger partial charge in [-0.05, 0) is 24.3 Å². The normalized spacial score (nSPS) is 18.8. The van der Waals surface area contributed by atoms with Crippen LogP contribution in [0.2, 0.25) is 0 Å².